The topological polar surface area (TPSA) is 55.4 Å². The highest BCUT2D eigenvalue weighted by Gasteiger charge is 2.22. The Morgan fingerprint density at radius 1 is 1.12 bits per heavy atom. The standard InChI is InChI=1S/C17H14Cl2FNO3/c1-9-3-5-11(6-4-9)21-16(22)10(2)24-17(23)12-7-15(20)14(19)8-13(12)18/h3-8,10H,1-2H3,(H,21,22)/t10-/m1/s1. The minimum atomic E-state index is -1.09. The first-order valence-corrected chi connectivity index (χ1v) is 7.76. The van der Waals surface area contributed by atoms with Crippen molar-refractivity contribution in [2.75, 3.05) is 5.32 Å². The van der Waals surface area contributed by atoms with Gasteiger partial charge in [-0.25, -0.2) is 9.18 Å². The van der Waals surface area contributed by atoms with Gasteiger partial charge in [0.2, 0.25) is 0 Å². The van der Waals surface area contributed by atoms with Crippen LogP contribution < -0.4 is 5.32 Å². The fourth-order valence-corrected chi connectivity index (χ4v) is 2.30. The maximum absolute atomic E-state index is 13.5. The van der Waals surface area contributed by atoms with E-state index in [2.05, 4.69) is 5.32 Å². The van der Waals surface area contributed by atoms with Gasteiger partial charge in [0.15, 0.2) is 6.10 Å². The highest BCUT2D eigenvalue weighted by atomic mass is 35.5. The van der Waals surface area contributed by atoms with Gasteiger partial charge in [0.05, 0.1) is 15.6 Å². The molecule has 0 unspecified atom stereocenters. The summed E-state index contributed by atoms with van der Waals surface area (Å²) in [5, 5.41) is 2.35. The van der Waals surface area contributed by atoms with Crippen LogP contribution in [0.25, 0.3) is 0 Å². The molecule has 0 aliphatic heterocycles. The number of carbonyl (C=O) groups is 2. The molecule has 126 valence electrons. The first kappa shape index (κ1) is 18.2. The minimum absolute atomic E-state index is 0.0578. The molecule has 4 nitrogen and oxygen atoms in total. The maximum Gasteiger partial charge on any atom is 0.340 e. The van der Waals surface area contributed by atoms with Gasteiger partial charge in [-0.2, -0.15) is 0 Å². The second-order valence-corrected chi connectivity index (χ2v) is 5.96. The molecule has 0 spiro atoms. The number of carbonyl (C=O) groups excluding carboxylic acids is 2. The Labute approximate surface area is 148 Å². The van der Waals surface area contributed by atoms with E-state index in [0.717, 1.165) is 17.7 Å². The predicted octanol–water partition coefficient (Wildman–Crippen LogP) is 4.62. The van der Waals surface area contributed by atoms with Crippen LogP contribution in [0.2, 0.25) is 10.0 Å². The van der Waals surface area contributed by atoms with E-state index in [0.29, 0.717) is 5.69 Å². The molecule has 7 heteroatoms. The molecule has 1 amide bonds. The number of benzene rings is 2. The summed E-state index contributed by atoms with van der Waals surface area (Å²) in [6.07, 6.45) is -1.09. The van der Waals surface area contributed by atoms with Gasteiger partial charge in [-0.3, -0.25) is 4.79 Å². The van der Waals surface area contributed by atoms with E-state index < -0.39 is 23.8 Å². The molecule has 0 aliphatic carbocycles. The number of hydrogen-bond acceptors (Lipinski definition) is 3. The Morgan fingerprint density at radius 2 is 1.75 bits per heavy atom. The number of amides is 1. The van der Waals surface area contributed by atoms with Crippen molar-refractivity contribution in [1.29, 1.82) is 0 Å². The van der Waals surface area contributed by atoms with Gasteiger partial charge in [-0.05, 0) is 38.1 Å². The van der Waals surface area contributed by atoms with Crippen molar-refractivity contribution in [2.24, 2.45) is 0 Å². The number of nitrogens with one attached hydrogen (secondary N) is 1. The summed E-state index contributed by atoms with van der Waals surface area (Å²) in [5.74, 6) is -2.23. The molecular formula is C17H14Cl2FNO3. The van der Waals surface area contributed by atoms with E-state index in [-0.39, 0.29) is 15.6 Å². The molecule has 0 aromatic heterocycles. The smallest absolute Gasteiger partial charge is 0.340 e. The fourth-order valence-electron chi connectivity index (χ4n) is 1.84. The summed E-state index contributed by atoms with van der Waals surface area (Å²) in [6, 6.07) is 9.11. The lowest BCUT2D eigenvalue weighted by Gasteiger charge is -2.14. The number of rotatable bonds is 4. The third kappa shape index (κ3) is 4.46. The molecule has 2 aromatic carbocycles. The van der Waals surface area contributed by atoms with Crippen LogP contribution in [0.5, 0.6) is 0 Å². The zero-order chi connectivity index (χ0) is 17.9. The average molecular weight is 370 g/mol. The fraction of sp³-hybridized carbons (Fsp3) is 0.176. The molecule has 0 saturated heterocycles. The summed E-state index contributed by atoms with van der Waals surface area (Å²) in [6.45, 7) is 3.33. The van der Waals surface area contributed by atoms with E-state index in [1.54, 1.807) is 12.1 Å². The molecule has 0 heterocycles. The van der Waals surface area contributed by atoms with Crippen LogP contribution in [0.1, 0.15) is 22.8 Å². The van der Waals surface area contributed by atoms with Crippen molar-refractivity contribution < 1.29 is 18.7 Å². The zero-order valence-corrected chi connectivity index (χ0v) is 14.4. The zero-order valence-electron chi connectivity index (χ0n) is 12.9. The monoisotopic (exact) mass is 369 g/mol. The van der Waals surface area contributed by atoms with Gasteiger partial charge in [-0.1, -0.05) is 40.9 Å². The molecule has 0 bridgehead atoms. The second kappa shape index (κ2) is 7.64. The van der Waals surface area contributed by atoms with Crippen molar-refractivity contribution in [2.45, 2.75) is 20.0 Å². The highest BCUT2D eigenvalue weighted by Crippen LogP contribution is 2.25. The normalized spacial score (nSPS) is 11.7. The van der Waals surface area contributed by atoms with Crippen LogP contribution in [-0.4, -0.2) is 18.0 Å². The lowest BCUT2D eigenvalue weighted by molar-refractivity contribution is -0.123. The number of aryl methyl sites for hydroxylation is 1. The van der Waals surface area contributed by atoms with Crippen LogP contribution in [0.15, 0.2) is 36.4 Å². The third-order valence-electron chi connectivity index (χ3n) is 3.20. The van der Waals surface area contributed by atoms with Gasteiger partial charge < -0.3 is 10.1 Å². The van der Waals surface area contributed by atoms with E-state index >= 15 is 0 Å². The van der Waals surface area contributed by atoms with E-state index in [1.807, 2.05) is 19.1 Å². The minimum Gasteiger partial charge on any atom is -0.449 e. The van der Waals surface area contributed by atoms with Gasteiger partial charge in [0.25, 0.3) is 5.91 Å². The number of ether oxygens (including phenoxy) is 1. The molecule has 0 saturated carbocycles. The number of esters is 1. The Kier molecular flexibility index (Phi) is 5.80. The lowest BCUT2D eigenvalue weighted by atomic mass is 10.2. The Morgan fingerprint density at radius 3 is 2.38 bits per heavy atom. The predicted molar refractivity (Wildman–Crippen MR) is 91.1 cm³/mol. The number of anilines is 1. The number of hydrogen-bond donors (Lipinski definition) is 1. The van der Waals surface area contributed by atoms with Crippen molar-refractivity contribution in [3.05, 3.63) is 63.4 Å². The third-order valence-corrected chi connectivity index (χ3v) is 3.80. The second-order valence-electron chi connectivity index (χ2n) is 5.15. The molecule has 2 aromatic rings. The summed E-state index contributed by atoms with van der Waals surface area (Å²) >= 11 is 11.4. The first-order valence-electron chi connectivity index (χ1n) is 7.01. The summed E-state index contributed by atoms with van der Waals surface area (Å²) in [7, 11) is 0. The quantitative estimate of drug-likeness (QED) is 0.631. The van der Waals surface area contributed by atoms with Crippen LogP contribution in [0, 0.1) is 12.7 Å². The molecule has 0 fully saturated rings. The molecule has 0 radical (unpaired) electrons. The van der Waals surface area contributed by atoms with Crippen LogP contribution in [0.3, 0.4) is 0 Å². The molecule has 2 rings (SSSR count). The SMILES string of the molecule is Cc1ccc(NC(=O)[C@@H](C)OC(=O)c2cc(F)c(Cl)cc2Cl)cc1. The van der Waals surface area contributed by atoms with Crippen molar-refractivity contribution in [3.63, 3.8) is 0 Å². The Balaban J connectivity index is 2.04. The van der Waals surface area contributed by atoms with Crippen LogP contribution in [-0.2, 0) is 9.53 Å². The number of halogens is 3. The van der Waals surface area contributed by atoms with Crippen LogP contribution >= 0.6 is 23.2 Å². The highest BCUT2D eigenvalue weighted by molar-refractivity contribution is 6.36. The largest absolute Gasteiger partial charge is 0.449 e. The van der Waals surface area contributed by atoms with Crippen molar-refractivity contribution >= 4 is 40.8 Å². The van der Waals surface area contributed by atoms with E-state index in [4.69, 9.17) is 27.9 Å². The average Bonchev–Trinajstić information content (AvgIpc) is 2.52. The van der Waals surface area contributed by atoms with Crippen molar-refractivity contribution in [1.82, 2.24) is 0 Å². The molecule has 24 heavy (non-hydrogen) atoms. The summed E-state index contributed by atoms with van der Waals surface area (Å²) < 4.78 is 18.5. The van der Waals surface area contributed by atoms with Gasteiger partial charge in [0, 0.05) is 5.69 Å². The summed E-state index contributed by atoms with van der Waals surface area (Å²) in [4.78, 5) is 24.1. The van der Waals surface area contributed by atoms with Gasteiger partial charge >= 0.3 is 5.97 Å². The van der Waals surface area contributed by atoms with Crippen molar-refractivity contribution in [3.8, 4) is 0 Å². The lowest BCUT2D eigenvalue weighted by Crippen LogP contribution is -2.30. The Bertz CT molecular complexity index is 778. The first-order chi connectivity index (χ1) is 11.3. The molecular weight excluding hydrogens is 356 g/mol. The van der Waals surface area contributed by atoms with Gasteiger partial charge in [-0.15, -0.1) is 0 Å². The van der Waals surface area contributed by atoms with Gasteiger partial charge in [0.1, 0.15) is 5.82 Å². The molecule has 1 atom stereocenters. The van der Waals surface area contributed by atoms with E-state index in [1.165, 1.54) is 6.92 Å². The van der Waals surface area contributed by atoms with Crippen LogP contribution in [0.4, 0.5) is 10.1 Å². The summed E-state index contributed by atoms with van der Waals surface area (Å²) in [5.41, 5.74) is 1.42. The molecule has 1 N–H and O–H groups in total. The Hall–Kier alpha value is -2.11. The maximum atomic E-state index is 13.5. The molecule has 0 aliphatic rings. The van der Waals surface area contributed by atoms with E-state index in [9.17, 15) is 14.0 Å².